The zero-order valence-electron chi connectivity index (χ0n) is 15.4. The van der Waals surface area contributed by atoms with Crippen LogP contribution in [-0.2, 0) is 14.6 Å². The van der Waals surface area contributed by atoms with E-state index in [1.807, 2.05) is 0 Å². The van der Waals surface area contributed by atoms with E-state index in [9.17, 15) is 17.6 Å². The molecule has 3 rings (SSSR count). The second kappa shape index (κ2) is 8.66. The number of hydrogen-bond donors (Lipinski definition) is 1. The van der Waals surface area contributed by atoms with Crippen molar-refractivity contribution >= 4 is 27.5 Å². The smallest absolute Gasteiger partial charge is 0.248 e. The summed E-state index contributed by atoms with van der Waals surface area (Å²) in [7, 11) is -3.26. The number of sulfone groups is 1. The van der Waals surface area contributed by atoms with Crippen LogP contribution in [0.5, 0.6) is 11.5 Å². The van der Waals surface area contributed by atoms with Crippen molar-refractivity contribution in [3.63, 3.8) is 0 Å². The van der Waals surface area contributed by atoms with Crippen LogP contribution in [0.15, 0.2) is 78.0 Å². The Kier molecular flexibility index (Phi) is 6.04. The monoisotopic (exact) mass is 412 g/mol. The molecule has 0 bridgehead atoms. The summed E-state index contributed by atoms with van der Waals surface area (Å²) in [6.07, 6.45) is 6.41. The Morgan fingerprint density at radius 3 is 2.24 bits per heavy atom. The molecule has 148 valence electrons. The van der Waals surface area contributed by atoms with E-state index in [-0.39, 0.29) is 10.8 Å². The van der Waals surface area contributed by atoms with Gasteiger partial charge in [0.15, 0.2) is 9.84 Å². The third kappa shape index (κ3) is 5.98. The van der Waals surface area contributed by atoms with Gasteiger partial charge in [0.25, 0.3) is 0 Å². The van der Waals surface area contributed by atoms with Crippen molar-refractivity contribution in [2.24, 2.45) is 0 Å². The van der Waals surface area contributed by atoms with Crippen LogP contribution >= 0.6 is 0 Å². The molecule has 0 saturated carbocycles. The molecular formula is C21H17FN2O4S. The van der Waals surface area contributed by atoms with Crippen LogP contribution in [0.1, 0.15) is 5.56 Å². The fourth-order valence-corrected chi connectivity index (χ4v) is 3.00. The zero-order chi connectivity index (χ0) is 20.9. The van der Waals surface area contributed by atoms with Crippen molar-refractivity contribution < 1.29 is 22.3 Å². The standard InChI is InChI=1S/C21H17FN2O4S/c1-29(26,27)20-9-7-19(8-10-20)28-18-5-3-17(4-6-18)24-21(25)11-2-15-12-16(22)14-23-13-15/h2-14H,1H3,(H,24,25)/b11-2+. The van der Waals surface area contributed by atoms with E-state index < -0.39 is 15.7 Å². The van der Waals surface area contributed by atoms with Gasteiger partial charge in [0.05, 0.1) is 11.1 Å². The highest BCUT2D eigenvalue weighted by Gasteiger charge is 2.07. The normalized spacial score (nSPS) is 11.4. The summed E-state index contributed by atoms with van der Waals surface area (Å²) in [6, 6.07) is 14.0. The quantitative estimate of drug-likeness (QED) is 0.617. The number of carbonyl (C=O) groups is 1. The molecule has 1 amide bonds. The number of carbonyl (C=O) groups excluding carboxylic acids is 1. The van der Waals surface area contributed by atoms with E-state index in [0.717, 1.165) is 12.5 Å². The maximum absolute atomic E-state index is 13.1. The minimum absolute atomic E-state index is 0.213. The van der Waals surface area contributed by atoms with Crippen LogP contribution in [-0.4, -0.2) is 25.6 Å². The number of amides is 1. The molecule has 0 aliphatic heterocycles. The maximum atomic E-state index is 13.1. The number of aromatic nitrogens is 1. The van der Waals surface area contributed by atoms with Crippen molar-refractivity contribution in [1.82, 2.24) is 4.98 Å². The first-order valence-electron chi connectivity index (χ1n) is 8.47. The van der Waals surface area contributed by atoms with Gasteiger partial charge in [-0.3, -0.25) is 9.78 Å². The Balaban J connectivity index is 1.59. The topological polar surface area (TPSA) is 85.4 Å². The molecule has 0 atom stereocenters. The molecule has 1 heterocycles. The predicted molar refractivity (Wildman–Crippen MR) is 108 cm³/mol. The number of halogens is 1. The number of benzene rings is 2. The fourth-order valence-electron chi connectivity index (χ4n) is 2.37. The first kappa shape index (κ1) is 20.2. The van der Waals surface area contributed by atoms with Crippen LogP contribution in [0.3, 0.4) is 0 Å². The van der Waals surface area contributed by atoms with Crippen LogP contribution < -0.4 is 10.1 Å². The number of nitrogens with one attached hydrogen (secondary N) is 1. The first-order valence-corrected chi connectivity index (χ1v) is 10.4. The van der Waals surface area contributed by atoms with Crippen LogP contribution in [0.25, 0.3) is 6.08 Å². The number of pyridine rings is 1. The van der Waals surface area contributed by atoms with Crippen molar-refractivity contribution in [3.05, 3.63) is 84.4 Å². The molecule has 0 radical (unpaired) electrons. The highest BCUT2D eigenvalue weighted by atomic mass is 32.2. The van der Waals surface area contributed by atoms with E-state index in [4.69, 9.17) is 4.74 Å². The lowest BCUT2D eigenvalue weighted by molar-refractivity contribution is -0.111. The summed E-state index contributed by atoms with van der Waals surface area (Å²) in [5.41, 5.74) is 1.03. The largest absolute Gasteiger partial charge is 0.457 e. The summed E-state index contributed by atoms with van der Waals surface area (Å²) in [5.74, 6) is 0.158. The van der Waals surface area contributed by atoms with Gasteiger partial charge in [0, 0.05) is 24.2 Å². The number of nitrogens with zero attached hydrogens (tertiary/aromatic N) is 1. The van der Waals surface area contributed by atoms with E-state index >= 15 is 0 Å². The van der Waals surface area contributed by atoms with E-state index in [1.54, 1.807) is 36.4 Å². The van der Waals surface area contributed by atoms with E-state index in [1.165, 1.54) is 36.5 Å². The molecular weight excluding hydrogens is 395 g/mol. The predicted octanol–water partition coefficient (Wildman–Crippen LogP) is 4.07. The van der Waals surface area contributed by atoms with Gasteiger partial charge < -0.3 is 10.1 Å². The van der Waals surface area contributed by atoms with E-state index in [0.29, 0.717) is 22.7 Å². The Bertz CT molecular complexity index is 1140. The molecule has 0 saturated heterocycles. The third-order valence-electron chi connectivity index (χ3n) is 3.76. The molecule has 3 aromatic rings. The van der Waals surface area contributed by atoms with Crippen molar-refractivity contribution in [2.75, 3.05) is 11.6 Å². The summed E-state index contributed by atoms with van der Waals surface area (Å²) in [5, 5.41) is 2.68. The zero-order valence-corrected chi connectivity index (χ0v) is 16.2. The lowest BCUT2D eigenvalue weighted by Gasteiger charge is -2.08. The van der Waals surface area contributed by atoms with E-state index in [2.05, 4.69) is 10.3 Å². The van der Waals surface area contributed by atoms with Gasteiger partial charge in [0.2, 0.25) is 5.91 Å². The summed E-state index contributed by atoms with van der Waals surface area (Å²) in [6.45, 7) is 0. The lowest BCUT2D eigenvalue weighted by atomic mass is 10.2. The van der Waals surface area contributed by atoms with Crippen LogP contribution in [0, 0.1) is 5.82 Å². The molecule has 6 nitrogen and oxygen atoms in total. The molecule has 2 aromatic carbocycles. The molecule has 0 aliphatic carbocycles. The van der Waals surface area contributed by atoms with Crippen molar-refractivity contribution in [3.8, 4) is 11.5 Å². The minimum Gasteiger partial charge on any atom is -0.457 e. The minimum atomic E-state index is -3.26. The number of rotatable bonds is 6. The highest BCUT2D eigenvalue weighted by molar-refractivity contribution is 7.90. The average Bonchev–Trinajstić information content (AvgIpc) is 2.68. The Hall–Kier alpha value is -3.52. The lowest BCUT2D eigenvalue weighted by Crippen LogP contribution is -2.07. The molecule has 0 unspecified atom stereocenters. The molecule has 0 fully saturated rings. The number of ether oxygens (including phenoxy) is 1. The van der Waals surface area contributed by atoms with Crippen LogP contribution in [0.2, 0.25) is 0 Å². The number of hydrogen-bond acceptors (Lipinski definition) is 5. The van der Waals surface area contributed by atoms with Gasteiger partial charge >= 0.3 is 0 Å². The fraction of sp³-hybridized carbons (Fsp3) is 0.0476. The first-order chi connectivity index (χ1) is 13.8. The van der Waals surface area contributed by atoms with Gasteiger partial charge in [0.1, 0.15) is 17.3 Å². The second-order valence-electron chi connectivity index (χ2n) is 6.13. The Morgan fingerprint density at radius 2 is 1.66 bits per heavy atom. The average molecular weight is 412 g/mol. The summed E-state index contributed by atoms with van der Waals surface area (Å²) >= 11 is 0. The van der Waals surface area contributed by atoms with Crippen LogP contribution in [0.4, 0.5) is 10.1 Å². The molecule has 0 aliphatic rings. The molecule has 1 aromatic heterocycles. The molecule has 1 N–H and O–H groups in total. The Morgan fingerprint density at radius 1 is 1.03 bits per heavy atom. The summed E-state index contributed by atoms with van der Waals surface area (Å²) < 4.78 is 41.7. The van der Waals surface area contributed by atoms with Gasteiger partial charge in [-0.15, -0.1) is 0 Å². The molecule has 29 heavy (non-hydrogen) atoms. The van der Waals surface area contributed by atoms with Crippen molar-refractivity contribution in [2.45, 2.75) is 4.90 Å². The van der Waals surface area contributed by atoms with Gasteiger partial charge in [-0.1, -0.05) is 0 Å². The van der Waals surface area contributed by atoms with Gasteiger partial charge in [-0.25, -0.2) is 12.8 Å². The second-order valence-corrected chi connectivity index (χ2v) is 8.14. The maximum Gasteiger partial charge on any atom is 0.248 e. The third-order valence-corrected chi connectivity index (χ3v) is 4.89. The molecule has 0 spiro atoms. The number of anilines is 1. The van der Waals surface area contributed by atoms with Gasteiger partial charge in [-0.2, -0.15) is 0 Å². The summed E-state index contributed by atoms with van der Waals surface area (Å²) in [4.78, 5) is 15.9. The Labute approximate surface area is 167 Å². The SMILES string of the molecule is CS(=O)(=O)c1ccc(Oc2ccc(NC(=O)/C=C/c3cncc(F)c3)cc2)cc1. The highest BCUT2D eigenvalue weighted by Crippen LogP contribution is 2.24. The van der Waals surface area contributed by atoms with Gasteiger partial charge in [-0.05, 0) is 66.2 Å². The van der Waals surface area contributed by atoms with Crippen molar-refractivity contribution in [1.29, 1.82) is 0 Å². The molecule has 8 heteroatoms.